The van der Waals surface area contributed by atoms with Gasteiger partial charge in [-0.05, 0) is 53.9 Å². The normalized spacial score (nSPS) is 18.6. The first-order valence-corrected chi connectivity index (χ1v) is 10.9. The van der Waals surface area contributed by atoms with Crippen molar-refractivity contribution in [2.24, 2.45) is 5.41 Å². The molecule has 4 rings (SSSR count). The standard InChI is InChI=1S/C24H29NOS/c1-23(2,3)17-27-19-10-8-18(9-11-19)21-16-24(12-14-25-15-13-24)26-22-7-5-4-6-20(21)22/h4-11,16,25H,12-15,17H2,1-3H3. The summed E-state index contributed by atoms with van der Waals surface area (Å²) in [5.74, 6) is 2.14. The van der Waals surface area contributed by atoms with Crippen LogP contribution in [0.2, 0.25) is 0 Å². The third-order valence-corrected chi connectivity index (χ3v) is 6.80. The molecule has 0 aromatic heterocycles. The highest BCUT2D eigenvalue weighted by atomic mass is 32.2. The second-order valence-electron chi connectivity index (χ2n) is 8.84. The summed E-state index contributed by atoms with van der Waals surface area (Å²) in [6, 6.07) is 17.5. The molecule has 142 valence electrons. The maximum atomic E-state index is 6.49. The van der Waals surface area contributed by atoms with Crippen molar-refractivity contribution in [3.63, 3.8) is 0 Å². The number of para-hydroxylation sites is 1. The van der Waals surface area contributed by atoms with E-state index < -0.39 is 0 Å². The van der Waals surface area contributed by atoms with E-state index in [9.17, 15) is 0 Å². The van der Waals surface area contributed by atoms with Crippen LogP contribution in [0, 0.1) is 5.41 Å². The van der Waals surface area contributed by atoms with Gasteiger partial charge in [-0.15, -0.1) is 11.8 Å². The molecule has 1 saturated heterocycles. The zero-order valence-corrected chi connectivity index (χ0v) is 17.4. The van der Waals surface area contributed by atoms with Crippen LogP contribution in [0.1, 0.15) is 44.7 Å². The van der Waals surface area contributed by atoms with E-state index in [-0.39, 0.29) is 5.60 Å². The number of hydrogen-bond donors (Lipinski definition) is 1. The molecule has 0 amide bonds. The number of ether oxygens (including phenoxy) is 1. The zero-order chi connectivity index (χ0) is 18.9. The van der Waals surface area contributed by atoms with E-state index in [4.69, 9.17) is 4.74 Å². The van der Waals surface area contributed by atoms with Gasteiger partial charge in [-0.2, -0.15) is 0 Å². The Morgan fingerprint density at radius 2 is 1.70 bits per heavy atom. The number of fused-ring (bicyclic) bond motifs is 1. The quantitative estimate of drug-likeness (QED) is 0.684. The molecule has 0 atom stereocenters. The third-order valence-electron chi connectivity index (χ3n) is 5.18. The summed E-state index contributed by atoms with van der Waals surface area (Å²) < 4.78 is 6.49. The van der Waals surface area contributed by atoms with Crippen LogP contribution in [-0.2, 0) is 0 Å². The van der Waals surface area contributed by atoms with Crippen molar-refractivity contribution in [3.05, 3.63) is 65.7 Å². The number of benzene rings is 2. The van der Waals surface area contributed by atoms with Gasteiger partial charge < -0.3 is 10.1 Å². The van der Waals surface area contributed by atoms with Crippen LogP contribution in [-0.4, -0.2) is 24.4 Å². The summed E-state index contributed by atoms with van der Waals surface area (Å²) in [6.07, 6.45) is 4.42. The fourth-order valence-corrected chi connectivity index (χ4v) is 4.66. The molecule has 1 spiro atoms. The molecule has 2 heterocycles. The Balaban J connectivity index is 1.65. The van der Waals surface area contributed by atoms with Crippen LogP contribution in [0.15, 0.2) is 59.5 Å². The highest BCUT2D eigenvalue weighted by Crippen LogP contribution is 2.42. The van der Waals surface area contributed by atoms with Crippen molar-refractivity contribution < 1.29 is 4.74 Å². The fraction of sp³-hybridized carbons (Fsp3) is 0.417. The maximum absolute atomic E-state index is 6.49. The average molecular weight is 380 g/mol. The average Bonchev–Trinajstić information content (AvgIpc) is 2.66. The molecule has 1 N–H and O–H groups in total. The molecule has 3 heteroatoms. The number of rotatable bonds is 3. The predicted molar refractivity (Wildman–Crippen MR) is 116 cm³/mol. The molecule has 0 saturated carbocycles. The number of nitrogens with one attached hydrogen (secondary N) is 1. The Morgan fingerprint density at radius 1 is 1.00 bits per heavy atom. The van der Waals surface area contributed by atoms with Gasteiger partial charge >= 0.3 is 0 Å². The van der Waals surface area contributed by atoms with Crippen LogP contribution < -0.4 is 10.1 Å². The van der Waals surface area contributed by atoms with Gasteiger partial charge in [0.2, 0.25) is 0 Å². The van der Waals surface area contributed by atoms with Crippen molar-refractivity contribution >= 4 is 17.3 Å². The van der Waals surface area contributed by atoms with Crippen LogP contribution in [0.3, 0.4) is 0 Å². The molecule has 0 bridgehead atoms. The van der Waals surface area contributed by atoms with Crippen LogP contribution >= 0.6 is 11.8 Å². The molecule has 2 nitrogen and oxygen atoms in total. The summed E-state index contributed by atoms with van der Waals surface area (Å²) in [6.45, 7) is 8.88. The molecular formula is C24H29NOS. The smallest absolute Gasteiger partial charge is 0.130 e. The van der Waals surface area contributed by atoms with Crippen LogP contribution in [0.5, 0.6) is 5.75 Å². The highest BCUT2D eigenvalue weighted by molar-refractivity contribution is 7.99. The molecule has 2 aliphatic heterocycles. The van der Waals surface area contributed by atoms with Crippen LogP contribution in [0.25, 0.3) is 5.57 Å². The van der Waals surface area contributed by atoms with E-state index in [1.165, 1.54) is 21.6 Å². The molecule has 1 fully saturated rings. The summed E-state index contributed by atoms with van der Waals surface area (Å²) >= 11 is 1.94. The van der Waals surface area contributed by atoms with E-state index in [2.05, 4.69) is 80.7 Å². The molecule has 0 radical (unpaired) electrons. The SMILES string of the molecule is CC(C)(C)CSc1ccc(C2=CC3(CCNCC3)Oc3ccccc32)cc1. The molecule has 2 aromatic rings. The minimum Gasteiger partial charge on any atom is -0.482 e. The minimum atomic E-state index is -0.172. The minimum absolute atomic E-state index is 0.172. The van der Waals surface area contributed by atoms with E-state index >= 15 is 0 Å². The molecule has 0 aliphatic carbocycles. The van der Waals surface area contributed by atoms with Gasteiger partial charge in [-0.1, -0.05) is 51.1 Å². The third kappa shape index (κ3) is 4.25. The van der Waals surface area contributed by atoms with Crippen molar-refractivity contribution in [2.75, 3.05) is 18.8 Å². The van der Waals surface area contributed by atoms with E-state index in [1.807, 2.05) is 11.8 Å². The van der Waals surface area contributed by atoms with Crippen LogP contribution in [0.4, 0.5) is 0 Å². The van der Waals surface area contributed by atoms with Crippen molar-refractivity contribution in [2.45, 2.75) is 44.1 Å². The number of piperidine rings is 1. The van der Waals surface area contributed by atoms with Gasteiger partial charge in [0.25, 0.3) is 0 Å². The summed E-state index contributed by atoms with van der Waals surface area (Å²) in [5, 5.41) is 3.46. The zero-order valence-electron chi connectivity index (χ0n) is 16.5. The Morgan fingerprint density at radius 3 is 2.41 bits per heavy atom. The Bertz CT molecular complexity index is 826. The number of hydrogen-bond acceptors (Lipinski definition) is 3. The topological polar surface area (TPSA) is 21.3 Å². The van der Waals surface area contributed by atoms with E-state index in [0.29, 0.717) is 5.41 Å². The van der Waals surface area contributed by atoms with Crippen molar-refractivity contribution in [3.8, 4) is 5.75 Å². The lowest BCUT2D eigenvalue weighted by molar-refractivity contribution is 0.0817. The lowest BCUT2D eigenvalue weighted by atomic mass is 9.83. The molecule has 0 unspecified atom stereocenters. The van der Waals surface area contributed by atoms with Crippen molar-refractivity contribution in [1.29, 1.82) is 0 Å². The van der Waals surface area contributed by atoms with Crippen molar-refractivity contribution in [1.82, 2.24) is 5.32 Å². The molecule has 2 aliphatic rings. The summed E-state index contributed by atoms with van der Waals surface area (Å²) in [5.41, 5.74) is 3.97. The lowest BCUT2D eigenvalue weighted by Gasteiger charge is -2.40. The van der Waals surface area contributed by atoms with Gasteiger partial charge in [0.1, 0.15) is 11.4 Å². The summed E-state index contributed by atoms with van der Waals surface area (Å²) in [7, 11) is 0. The first kappa shape index (κ1) is 18.6. The Kier molecular flexibility index (Phi) is 5.09. The summed E-state index contributed by atoms with van der Waals surface area (Å²) in [4.78, 5) is 1.34. The molecule has 27 heavy (non-hydrogen) atoms. The predicted octanol–water partition coefficient (Wildman–Crippen LogP) is 5.77. The highest BCUT2D eigenvalue weighted by Gasteiger charge is 2.36. The van der Waals surface area contributed by atoms with E-state index in [0.717, 1.165) is 37.4 Å². The fourth-order valence-electron chi connectivity index (χ4n) is 3.73. The van der Waals surface area contributed by atoms with Gasteiger partial charge in [0.15, 0.2) is 0 Å². The number of thioether (sulfide) groups is 1. The van der Waals surface area contributed by atoms with E-state index in [1.54, 1.807) is 0 Å². The molecule has 2 aromatic carbocycles. The second kappa shape index (κ2) is 7.37. The first-order chi connectivity index (χ1) is 12.9. The maximum Gasteiger partial charge on any atom is 0.130 e. The van der Waals surface area contributed by atoms with Gasteiger partial charge in [0.05, 0.1) is 0 Å². The van der Waals surface area contributed by atoms with Gasteiger partial charge in [0, 0.05) is 29.1 Å². The van der Waals surface area contributed by atoms with Gasteiger partial charge in [-0.3, -0.25) is 0 Å². The Hall–Kier alpha value is -1.71. The lowest BCUT2D eigenvalue weighted by Crippen LogP contribution is -2.46. The molecular weight excluding hydrogens is 350 g/mol. The Labute approximate surface area is 167 Å². The second-order valence-corrected chi connectivity index (χ2v) is 9.89. The largest absolute Gasteiger partial charge is 0.482 e. The van der Waals surface area contributed by atoms with Gasteiger partial charge in [-0.25, -0.2) is 0 Å². The first-order valence-electron chi connectivity index (χ1n) is 9.89. The monoisotopic (exact) mass is 379 g/mol.